The summed E-state index contributed by atoms with van der Waals surface area (Å²) in [6.07, 6.45) is 3.33. The van der Waals surface area contributed by atoms with Crippen molar-refractivity contribution in [2.24, 2.45) is 0 Å². The Hall–Kier alpha value is -2.17. The third-order valence-corrected chi connectivity index (χ3v) is 5.45. The Morgan fingerprint density at radius 2 is 2.35 bits per heavy atom. The molecule has 0 bridgehead atoms. The summed E-state index contributed by atoms with van der Waals surface area (Å²) >= 11 is 6.41. The van der Waals surface area contributed by atoms with Gasteiger partial charge in [-0.3, -0.25) is 19.8 Å². The van der Waals surface area contributed by atoms with E-state index in [-0.39, 0.29) is 17.8 Å². The Kier molecular flexibility index (Phi) is 5.44. The molecular weight excluding hydrogens is 380 g/mol. The molecule has 138 valence electrons. The summed E-state index contributed by atoms with van der Waals surface area (Å²) in [5.41, 5.74) is -0.130. The number of carbonyl (C=O) groups excluding carboxylic acids is 1. The fourth-order valence-electron chi connectivity index (χ4n) is 2.79. The first-order chi connectivity index (χ1) is 12.4. The molecule has 26 heavy (non-hydrogen) atoms. The number of phenols is 1. The number of ether oxygens (including phenoxy) is 2. The van der Waals surface area contributed by atoms with Crippen LogP contribution >= 0.6 is 24.0 Å². The standard InChI is InChI=1S/C16H16N2O6S2/c1-23-12-6-9(5-11(14(12)19)18(21)22)7-13-15(20)17(16(25)26-13)8-10-3-2-4-24-10/h5-7,10,19H,2-4,8H2,1H3/b13-7-/t10-/m0/s1. The lowest BCUT2D eigenvalue weighted by molar-refractivity contribution is -0.386. The van der Waals surface area contributed by atoms with Crippen LogP contribution in [0.15, 0.2) is 17.0 Å². The SMILES string of the molecule is COc1cc(/C=C2\SC(=S)N(C[C@@H]3CCCO3)C2=O)cc([N+](=O)[O-])c1O. The summed E-state index contributed by atoms with van der Waals surface area (Å²) in [6.45, 7) is 1.09. The molecule has 1 amide bonds. The van der Waals surface area contributed by atoms with Crippen LogP contribution < -0.4 is 4.74 Å². The molecule has 0 radical (unpaired) electrons. The highest BCUT2D eigenvalue weighted by molar-refractivity contribution is 8.26. The third kappa shape index (κ3) is 3.67. The van der Waals surface area contributed by atoms with Gasteiger partial charge in [-0.05, 0) is 30.5 Å². The number of methoxy groups -OCH3 is 1. The molecule has 1 atom stereocenters. The minimum absolute atomic E-state index is 0.0216. The van der Waals surface area contributed by atoms with E-state index in [9.17, 15) is 20.0 Å². The molecule has 3 rings (SSSR count). The second-order valence-electron chi connectivity index (χ2n) is 5.78. The van der Waals surface area contributed by atoms with Gasteiger partial charge in [0.15, 0.2) is 5.75 Å². The number of rotatable bonds is 5. The van der Waals surface area contributed by atoms with Gasteiger partial charge in [-0.2, -0.15) is 0 Å². The fourth-order valence-corrected chi connectivity index (χ4v) is 4.07. The molecule has 0 spiro atoms. The van der Waals surface area contributed by atoms with E-state index in [4.69, 9.17) is 21.7 Å². The van der Waals surface area contributed by atoms with Crippen LogP contribution in [-0.4, -0.2) is 51.5 Å². The zero-order chi connectivity index (χ0) is 18.8. The van der Waals surface area contributed by atoms with Crippen LogP contribution in [-0.2, 0) is 9.53 Å². The highest BCUT2D eigenvalue weighted by Crippen LogP contribution is 2.39. The maximum atomic E-state index is 12.6. The van der Waals surface area contributed by atoms with Crippen LogP contribution in [0.4, 0.5) is 5.69 Å². The van der Waals surface area contributed by atoms with Crippen molar-refractivity contribution >= 4 is 46.0 Å². The summed E-state index contributed by atoms with van der Waals surface area (Å²) < 4.78 is 10.9. The van der Waals surface area contributed by atoms with Gasteiger partial charge in [-0.1, -0.05) is 24.0 Å². The molecule has 2 aliphatic rings. The monoisotopic (exact) mass is 396 g/mol. The van der Waals surface area contributed by atoms with Gasteiger partial charge in [0.1, 0.15) is 4.32 Å². The lowest BCUT2D eigenvalue weighted by Gasteiger charge is -2.18. The number of hydrogen-bond acceptors (Lipinski definition) is 8. The van der Waals surface area contributed by atoms with Gasteiger partial charge in [-0.25, -0.2) is 0 Å². The Balaban J connectivity index is 1.88. The smallest absolute Gasteiger partial charge is 0.315 e. The molecule has 0 aromatic heterocycles. The van der Waals surface area contributed by atoms with Gasteiger partial charge in [-0.15, -0.1) is 0 Å². The average Bonchev–Trinajstić information content (AvgIpc) is 3.20. The van der Waals surface area contributed by atoms with E-state index in [1.54, 1.807) is 0 Å². The van der Waals surface area contributed by atoms with Crippen LogP contribution in [0.2, 0.25) is 0 Å². The second kappa shape index (κ2) is 7.60. The minimum atomic E-state index is -0.710. The van der Waals surface area contributed by atoms with Gasteiger partial charge >= 0.3 is 5.69 Å². The number of nitro groups is 1. The number of nitrogens with zero attached hydrogens (tertiary/aromatic N) is 2. The normalized spacial score (nSPS) is 21.7. The van der Waals surface area contributed by atoms with E-state index < -0.39 is 16.4 Å². The van der Waals surface area contributed by atoms with Crippen LogP contribution in [0, 0.1) is 10.1 Å². The van der Waals surface area contributed by atoms with Crippen molar-refractivity contribution in [1.82, 2.24) is 4.90 Å². The van der Waals surface area contributed by atoms with Crippen LogP contribution in [0.3, 0.4) is 0 Å². The maximum Gasteiger partial charge on any atom is 0.315 e. The molecule has 0 saturated carbocycles. The summed E-state index contributed by atoms with van der Waals surface area (Å²) in [5, 5.41) is 20.9. The van der Waals surface area contributed by atoms with Gasteiger partial charge in [0.2, 0.25) is 5.75 Å². The van der Waals surface area contributed by atoms with Crippen molar-refractivity contribution in [3.63, 3.8) is 0 Å². The number of thioether (sulfide) groups is 1. The number of benzene rings is 1. The number of thiocarbonyl (C=S) groups is 1. The first-order valence-electron chi connectivity index (χ1n) is 7.83. The van der Waals surface area contributed by atoms with Crippen molar-refractivity contribution in [2.75, 3.05) is 20.3 Å². The molecule has 10 heteroatoms. The topological polar surface area (TPSA) is 102 Å². The number of carbonyl (C=O) groups is 1. The van der Waals surface area contributed by atoms with E-state index in [0.717, 1.165) is 24.6 Å². The highest BCUT2D eigenvalue weighted by atomic mass is 32.2. The number of aromatic hydroxyl groups is 1. The molecule has 0 aliphatic carbocycles. The average molecular weight is 396 g/mol. The summed E-state index contributed by atoms with van der Waals surface area (Å²) in [6, 6.07) is 2.61. The van der Waals surface area contributed by atoms with Gasteiger partial charge in [0, 0.05) is 12.7 Å². The van der Waals surface area contributed by atoms with Gasteiger partial charge in [0.05, 0.1) is 29.6 Å². The molecule has 1 N–H and O–H groups in total. The Morgan fingerprint density at radius 3 is 2.96 bits per heavy atom. The van der Waals surface area contributed by atoms with Crippen molar-refractivity contribution < 1.29 is 24.3 Å². The molecule has 1 aromatic carbocycles. The molecule has 2 heterocycles. The second-order valence-corrected chi connectivity index (χ2v) is 7.45. The van der Waals surface area contributed by atoms with E-state index in [1.807, 2.05) is 0 Å². The Bertz CT molecular complexity index is 804. The zero-order valence-electron chi connectivity index (χ0n) is 13.8. The molecule has 2 aliphatic heterocycles. The van der Waals surface area contributed by atoms with Crippen molar-refractivity contribution in [3.8, 4) is 11.5 Å². The lowest BCUT2D eigenvalue weighted by Crippen LogP contribution is -2.35. The van der Waals surface area contributed by atoms with Crippen molar-refractivity contribution in [3.05, 3.63) is 32.7 Å². The number of hydrogen-bond donors (Lipinski definition) is 1. The summed E-state index contributed by atoms with van der Waals surface area (Å²) in [7, 11) is 1.30. The molecule has 0 unspecified atom stereocenters. The van der Waals surface area contributed by atoms with E-state index in [1.165, 1.54) is 30.2 Å². The molecule has 1 aromatic rings. The van der Waals surface area contributed by atoms with Crippen LogP contribution in [0.25, 0.3) is 6.08 Å². The van der Waals surface area contributed by atoms with Crippen molar-refractivity contribution in [1.29, 1.82) is 0 Å². The van der Waals surface area contributed by atoms with Gasteiger partial charge < -0.3 is 14.6 Å². The third-order valence-electron chi connectivity index (χ3n) is 4.08. The molecule has 2 fully saturated rings. The van der Waals surface area contributed by atoms with Gasteiger partial charge in [0.25, 0.3) is 5.91 Å². The molecule has 2 saturated heterocycles. The maximum absolute atomic E-state index is 12.6. The Labute approximate surface area is 158 Å². The highest BCUT2D eigenvalue weighted by Gasteiger charge is 2.34. The molecule has 8 nitrogen and oxygen atoms in total. The Morgan fingerprint density at radius 1 is 1.58 bits per heavy atom. The quantitative estimate of drug-likeness (QED) is 0.351. The predicted octanol–water partition coefficient (Wildman–Crippen LogP) is 2.69. The lowest BCUT2D eigenvalue weighted by atomic mass is 10.1. The minimum Gasteiger partial charge on any atom is -0.500 e. The predicted molar refractivity (Wildman–Crippen MR) is 100 cm³/mol. The first kappa shape index (κ1) is 18.6. The van der Waals surface area contributed by atoms with E-state index in [0.29, 0.717) is 27.9 Å². The van der Waals surface area contributed by atoms with Crippen LogP contribution in [0.5, 0.6) is 11.5 Å². The van der Waals surface area contributed by atoms with Crippen molar-refractivity contribution in [2.45, 2.75) is 18.9 Å². The number of amides is 1. The molecular formula is C16H16N2O6S2. The van der Waals surface area contributed by atoms with E-state index in [2.05, 4.69) is 0 Å². The fraction of sp³-hybridized carbons (Fsp3) is 0.375. The largest absolute Gasteiger partial charge is 0.500 e. The van der Waals surface area contributed by atoms with E-state index >= 15 is 0 Å². The zero-order valence-corrected chi connectivity index (χ0v) is 15.5. The number of nitro benzene ring substituents is 1. The summed E-state index contributed by atoms with van der Waals surface area (Å²) in [4.78, 5) is 24.9. The first-order valence-corrected chi connectivity index (χ1v) is 9.05. The van der Waals surface area contributed by atoms with Crippen LogP contribution in [0.1, 0.15) is 18.4 Å². The number of phenolic OH excluding ortho intramolecular Hbond substituents is 1. The summed E-state index contributed by atoms with van der Waals surface area (Å²) in [5.74, 6) is -0.855.